The van der Waals surface area contributed by atoms with Gasteiger partial charge in [-0.1, -0.05) is 0 Å². The van der Waals surface area contributed by atoms with Gasteiger partial charge in [-0.2, -0.15) is 0 Å². The molecule has 2 aliphatic heterocycles. The minimum absolute atomic E-state index is 0.00266. The van der Waals surface area contributed by atoms with Crippen LogP contribution in [-0.4, -0.2) is 72.5 Å². The summed E-state index contributed by atoms with van der Waals surface area (Å²) in [4.78, 5) is 33.8. The molecule has 0 aliphatic carbocycles. The van der Waals surface area contributed by atoms with Crippen LogP contribution < -0.4 is 10.2 Å². The molecule has 0 atom stereocenters. The number of carbonyl (C=O) groups excluding carboxylic acids is 2. The highest BCUT2D eigenvalue weighted by molar-refractivity contribution is 5.78. The van der Waals surface area contributed by atoms with Crippen molar-refractivity contribution in [1.82, 2.24) is 20.1 Å². The smallest absolute Gasteiger partial charge is 0.317 e. The lowest BCUT2D eigenvalue weighted by atomic mass is 10.3. The van der Waals surface area contributed by atoms with Gasteiger partial charge in [-0.3, -0.25) is 9.78 Å². The molecule has 0 spiro atoms. The predicted octanol–water partition coefficient (Wildman–Crippen LogP) is 0.926. The van der Waals surface area contributed by atoms with Crippen molar-refractivity contribution in [3.05, 3.63) is 24.5 Å². The predicted molar refractivity (Wildman–Crippen MR) is 91.9 cm³/mol. The van der Waals surface area contributed by atoms with Crippen molar-refractivity contribution in [2.45, 2.75) is 19.3 Å². The first-order valence-electron chi connectivity index (χ1n) is 8.69. The molecule has 1 N–H and O–H groups in total. The lowest BCUT2D eigenvalue weighted by Crippen LogP contribution is -2.52. The molecule has 0 aromatic carbocycles. The second kappa shape index (κ2) is 7.99. The van der Waals surface area contributed by atoms with E-state index in [9.17, 15) is 9.59 Å². The van der Waals surface area contributed by atoms with Crippen LogP contribution in [0.1, 0.15) is 19.3 Å². The zero-order chi connectivity index (χ0) is 16.8. The van der Waals surface area contributed by atoms with Crippen LogP contribution in [0.15, 0.2) is 24.5 Å². The minimum Gasteiger partial charge on any atom is -0.368 e. The molecule has 2 saturated heterocycles. The summed E-state index contributed by atoms with van der Waals surface area (Å²) in [5, 5.41) is 2.97. The molecule has 0 bridgehead atoms. The third-order valence-corrected chi connectivity index (χ3v) is 4.65. The SMILES string of the molecule is O=C1CCCN1CCCNC(=O)N1CCN(c2ccncc2)CC1. The highest BCUT2D eigenvalue weighted by Gasteiger charge is 2.22. The maximum absolute atomic E-state index is 12.2. The molecule has 2 aliphatic rings. The molecule has 2 fully saturated rings. The molecule has 3 rings (SSSR count). The normalized spacial score (nSPS) is 18.2. The zero-order valence-corrected chi connectivity index (χ0v) is 14.0. The van der Waals surface area contributed by atoms with Crippen molar-refractivity contribution in [2.24, 2.45) is 0 Å². The van der Waals surface area contributed by atoms with Crippen LogP contribution in [0.3, 0.4) is 0 Å². The summed E-state index contributed by atoms with van der Waals surface area (Å²) in [5.74, 6) is 0.244. The number of aromatic nitrogens is 1. The number of carbonyl (C=O) groups is 2. The van der Waals surface area contributed by atoms with Crippen molar-refractivity contribution in [3.8, 4) is 0 Å². The number of amides is 3. The maximum Gasteiger partial charge on any atom is 0.317 e. The number of likely N-dealkylation sites (tertiary alicyclic amines) is 1. The number of anilines is 1. The fourth-order valence-electron chi connectivity index (χ4n) is 3.24. The van der Waals surface area contributed by atoms with E-state index in [0.717, 1.165) is 57.8 Å². The number of hydrogen-bond acceptors (Lipinski definition) is 4. The van der Waals surface area contributed by atoms with Gasteiger partial charge in [0.05, 0.1) is 0 Å². The fraction of sp³-hybridized carbons (Fsp3) is 0.588. The third-order valence-electron chi connectivity index (χ3n) is 4.65. The van der Waals surface area contributed by atoms with Crippen molar-refractivity contribution < 1.29 is 9.59 Å². The van der Waals surface area contributed by atoms with Gasteiger partial charge in [-0.25, -0.2) is 4.79 Å². The van der Waals surface area contributed by atoms with E-state index in [2.05, 4.69) is 15.2 Å². The summed E-state index contributed by atoms with van der Waals surface area (Å²) in [6, 6.07) is 3.99. The largest absolute Gasteiger partial charge is 0.368 e. The molecule has 24 heavy (non-hydrogen) atoms. The van der Waals surface area contributed by atoms with Gasteiger partial charge >= 0.3 is 6.03 Å². The van der Waals surface area contributed by atoms with E-state index in [1.807, 2.05) is 21.9 Å². The summed E-state index contributed by atoms with van der Waals surface area (Å²) >= 11 is 0. The number of nitrogens with one attached hydrogen (secondary N) is 1. The van der Waals surface area contributed by atoms with Crippen molar-refractivity contribution in [3.63, 3.8) is 0 Å². The van der Waals surface area contributed by atoms with E-state index in [-0.39, 0.29) is 11.9 Å². The number of piperazine rings is 1. The Kier molecular flexibility index (Phi) is 5.51. The van der Waals surface area contributed by atoms with Crippen molar-refractivity contribution in [2.75, 3.05) is 50.7 Å². The highest BCUT2D eigenvalue weighted by Crippen LogP contribution is 2.14. The van der Waals surface area contributed by atoms with E-state index in [1.54, 1.807) is 12.4 Å². The fourth-order valence-corrected chi connectivity index (χ4v) is 3.24. The average molecular weight is 331 g/mol. The van der Waals surface area contributed by atoms with Gasteiger partial charge in [-0.05, 0) is 25.0 Å². The number of hydrogen-bond donors (Lipinski definition) is 1. The van der Waals surface area contributed by atoms with Crippen LogP contribution in [0.4, 0.5) is 10.5 Å². The lowest BCUT2D eigenvalue weighted by molar-refractivity contribution is -0.127. The van der Waals surface area contributed by atoms with E-state index >= 15 is 0 Å². The zero-order valence-electron chi connectivity index (χ0n) is 14.0. The van der Waals surface area contributed by atoms with Gasteiger partial charge in [0, 0.05) is 70.3 Å². The Bertz CT molecular complexity index is 557. The van der Waals surface area contributed by atoms with E-state index < -0.39 is 0 Å². The number of nitrogens with zero attached hydrogens (tertiary/aromatic N) is 4. The number of pyridine rings is 1. The Labute approximate surface area is 142 Å². The summed E-state index contributed by atoms with van der Waals surface area (Å²) in [6.45, 7) is 5.34. The van der Waals surface area contributed by atoms with Crippen LogP contribution in [-0.2, 0) is 4.79 Å². The molecular formula is C17H25N5O2. The molecule has 7 heteroatoms. The first-order chi connectivity index (χ1) is 11.7. The molecule has 3 heterocycles. The number of rotatable bonds is 5. The minimum atomic E-state index is -0.00266. The molecule has 1 aromatic heterocycles. The Morgan fingerprint density at radius 3 is 2.54 bits per heavy atom. The van der Waals surface area contributed by atoms with Gasteiger partial charge in [0.15, 0.2) is 0 Å². The maximum atomic E-state index is 12.2. The van der Waals surface area contributed by atoms with Gasteiger partial charge in [0.1, 0.15) is 0 Å². The van der Waals surface area contributed by atoms with E-state index in [0.29, 0.717) is 13.0 Å². The Morgan fingerprint density at radius 1 is 1.12 bits per heavy atom. The summed E-state index contributed by atoms with van der Waals surface area (Å²) in [7, 11) is 0. The van der Waals surface area contributed by atoms with Crippen molar-refractivity contribution in [1.29, 1.82) is 0 Å². The van der Waals surface area contributed by atoms with Gasteiger partial charge in [0.25, 0.3) is 0 Å². The number of urea groups is 1. The third kappa shape index (κ3) is 4.15. The average Bonchev–Trinajstić information content (AvgIpc) is 3.04. The molecule has 7 nitrogen and oxygen atoms in total. The first kappa shape index (κ1) is 16.5. The molecule has 1 aromatic rings. The standard InChI is InChI=1S/C17H25N5O2/c23-16-3-1-9-21(16)10-2-6-19-17(24)22-13-11-20(12-14-22)15-4-7-18-8-5-15/h4-5,7-8H,1-3,6,9-14H2,(H,19,24). The second-order valence-corrected chi connectivity index (χ2v) is 6.25. The Morgan fingerprint density at radius 2 is 1.88 bits per heavy atom. The van der Waals surface area contributed by atoms with Gasteiger partial charge in [-0.15, -0.1) is 0 Å². The Hall–Kier alpha value is -2.31. The second-order valence-electron chi connectivity index (χ2n) is 6.25. The van der Waals surface area contributed by atoms with Gasteiger partial charge in [0.2, 0.25) is 5.91 Å². The highest BCUT2D eigenvalue weighted by atomic mass is 16.2. The van der Waals surface area contributed by atoms with Crippen LogP contribution in [0, 0.1) is 0 Å². The topological polar surface area (TPSA) is 68.8 Å². The quantitative estimate of drug-likeness (QED) is 0.815. The summed E-state index contributed by atoms with van der Waals surface area (Å²) in [5.41, 5.74) is 1.15. The Balaban J connectivity index is 1.34. The molecule has 0 unspecified atom stereocenters. The van der Waals surface area contributed by atoms with Crippen LogP contribution in [0.2, 0.25) is 0 Å². The van der Waals surface area contributed by atoms with Crippen LogP contribution in [0.5, 0.6) is 0 Å². The van der Waals surface area contributed by atoms with Gasteiger partial charge < -0.3 is 20.0 Å². The molecular weight excluding hydrogens is 306 g/mol. The molecule has 0 radical (unpaired) electrons. The van der Waals surface area contributed by atoms with Crippen molar-refractivity contribution >= 4 is 17.6 Å². The monoisotopic (exact) mass is 331 g/mol. The summed E-state index contributed by atoms with van der Waals surface area (Å²) in [6.07, 6.45) is 6.04. The van der Waals surface area contributed by atoms with E-state index in [1.165, 1.54) is 0 Å². The van der Waals surface area contributed by atoms with E-state index in [4.69, 9.17) is 0 Å². The lowest BCUT2D eigenvalue weighted by Gasteiger charge is -2.36. The molecule has 3 amide bonds. The summed E-state index contributed by atoms with van der Waals surface area (Å²) < 4.78 is 0. The molecule has 0 saturated carbocycles. The van der Waals surface area contributed by atoms with Crippen LogP contribution >= 0.6 is 0 Å². The molecule has 130 valence electrons. The van der Waals surface area contributed by atoms with Crippen LogP contribution in [0.25, 0.3) is 0 Å². The first-order valence-corrected chi connectivity index (χ1v) is 8.69.